The Kier molecular flexibility index (Phi) is 3.07. The van der Waals surface area contributed by atoms with Crippen LogP contribution in [0.5, 0.6) is 5.75 Å². The molecule has 1 atom stereocenters. The maximum absolute atomic E-state index is 12.5. The van der Waals surface area contributed by atoms with E-state index < -0.39 is 18.8 Å². The van der Waals surface area contributed by atoms with Crippen molar-refractivity contribution >= 4 is 5.97 Å². The molecule has 5 heteroatoms. The van der Waals surface area contributed by atoms with E-state index in [9.17, 15) is 9.18 Å². The van der Waals surface area contributed by atoms with Gasteiger partial charge in [0.25, 0.3) is 0 Å². The Hall–Kier alpha value is -1.62. The van der Waals surface area contributed by atoms with Crippen LogP contribution in [0.2, 0.25) is 0 Å². The zero-order valence-electron chi connectivity index (χ0n) is 9.81. The standard InChI is InChI=1S/C10H12FNO3/c11-6-15-8-3-1-7(2-4-8)5-9(12)10(13)14/h1-4,9H,5-6,12H2,(H,13,14)/t9-/m1/s1/i6D2,11-1. The number of hydrogen-bond acceptors (Lipinski definition) is 3. The molecule has 4 nitrogen and oxygen atoms in total. The zero-order chi connectivity index (χ0) is 13.1. The van der Waals surface area contributed by atoms with Gasteiger partial charge in [-0.1, -0.05) is 12.1 Å². The number of carbonyl (C=O) groups is 1. The van der Waals surface area contributed by atoms with E-state index in [1.165, 1.54) is 24.3 Å². The van der Waals surface area contributed by atoms with E-state index in [1.54, 1.807) is 0 Å². The zero-order valence-corrected chi connectivity index (χ0v) is 7.81. The first-order valence-electron chi connectivity index (χ1n) is 5.23. The second-order valence-electron chi connectivity index (χ2n) is 2.97. The Morgan fingerprint density at radius 2 is 2.20 bits per heavy atom. The van der Waals surface area contributed by atoms with Gasteiger partial charge in [0.1, 0.15) is 14.5 Å². The van der Waals surface area contributed by atoms with E-state index in [0.717, 1.165) is 0 Å². The summed E-state index contributed by atoms with van der Waals surface area (Å²) < 4.78 is 30.0. The van der Waals surface area contributed by atoms with Gasteiger partial charge in [0.2, 0.25) is 6.81 Å². The van der Waals surface area contributed by atoms with Gasteiger partial charge in [-0.2, -0.15) is 0 Å². The van der Waals surface area contributed by atoms with E-state index in [4.69, 9.17) is 13.6 Å². The van der Waals surface area contributed by atoms with Gasteiger partial charge in [-0.3, -0.25) is 4.79 Å². The molecule has 1 rings (SSSR count). The van der Waals surface area contributed by atoms with Crippen molar-refractivity contribution < 1.29 is 21.8 Å². The fourth-order valence-corrected chi connectivity index (χ4v) is 1.08. The Bertz CT molecular complexity index is 392. The van der Waals surface area contributed by atoms with Crippen LogP contribution in [0.1, 0.15) is 8.30 Å². The number of carboxylic acids is 1. The van der Waals surface area contributed by atoms with E-state index in [-0.39, 0.29) is 12.2 Å². The van der Waals surface area contributed by atoms with Crippen molar-refractivity contribution in [1.82, 2.24) is 0 Å². The van der Waals surface area contributed by atoms with Crippen LogP contribution in [-0.4, -0.2) is 23.9 Å². The number of hydrogen-bond donors (Lipinski definition) is 2. The van der Waals surface area contributed by atoms with Gasteiger partial charge in [-0.25, -0.2) is 4.39 Å². The highest BCUT2D eigenvalue weighted by atomic mass is 18.2. The lowest BCUT2D eigenvalue weighted by Gasteiger charge is -2.07. The lowest BCUT2D eigenvalue weighted by atomic mass is 10.1. The molecule has 0 aliphatic rings. The number of aliphatic carboxylic acids is 1. The summed E-state index contributed by atoms with van der Waals surface area (Å²) in [4.78, 5) is 10.5. The minimum atomic E-state index is -3.24. The van der Waals surface area contributed by atoms with Crippen LogP contribution in [-0.2, 0) is 11.2 Å². The molecule has 82 valence electrons. The number of carboxylic acid groups (broad SMARTS) is 1. The fourth-order valence-electron chi connectivity index (χ4n) is 1.08. The van der Waals surface area contributed by atoms with Crippen LogP contribution >= 0.6 is 0 Å². The van der Waals surface area contributed by atoms with Crippen molar-refractivity contribution in [3.63, 3.8) is 0 Å². The molecule has 0 aromatic heterocycles. The van der Waals surface area contributed by atoms with Crippen molar-refractivity contribution in [2.75, 3.05) is 6.81 Å². The molecular weight excluding hydrogens is 200 g/mol. The Morgan fingerprint density at radius 3 is 2.67 bits per heavy atom. The van der Waals surface area contributed by atoms with Gasteiger partial charge in [0.05, 0.1) is 0 Å². The second kappa shape index (κ2) is 5.31. The quantitative estimate of drug-likeness (QED) is 0.765. The summed E-state index contributed by atoms with van der Waals surface area (Å²) in [5, 5.41) is 8.60. The minimum absolute atomic E-state index is 0.0187. The number of benzene rings is 1. The van der Waals surface area contributed by atoms with Crippen LogP contribution in [0.15, 0.2) is 24.3 Å². The molecule has 3 N–H and O–H groups in total. The number of halogens is 1. The molecule has 0 aliphatic heterocycles. The van der Waals surface area contributed by atoms with Crippen LogP contribution in [0, 0.1) is 0 Å². The predicted octanol–water partition coefficient (Wildman–Crippen LogP) is 0.947. The third-order valence-corrected chi connectivity index (χ3v) is 1.85. The first kappa shape index (κ1) is 8.67. The van der Waals surface area contributed by atoms with Crippen molar-refractivity contribution in [2.24, 2.45) is 5.73 Å². The van der Waals surface area contributed by atoms with Gasteiger partial charge in [0.15, 0.2) is 0 Å². The van der Waals surface area contributed by atoms with Gasteiger partial charge < -0.3 is 15.6 Å². The summed E-state index contributed by atoms with van der Waals surface area (Å²) in [5.74, 6) is -1.09. The Labute approximate surface area is 89.3 Å². The largest absolute Gasteiger partial charge is 0.480 e. The molecule has 0 saturated carbocycles. The van der Waals surface area contributed by atoms with Crippen LogP contribution < -0.4 is 10.5 Å². The van der Waals surface area contributed by atoms with Crippen LogP contribution in [0.3, 0.4) is 0 Å². The topological polar surface area (TPSA) is 72.5 Å². The summed E-state index contributed by atoms with van der Waals surface area (Å²) in [5.41, 5.74) is 5.98. The fraction of sp³-hybridized carbons (Fsp3) is 0.300. The molecule has 0 amide bonds. The van der Waals surface area contributed by atoms with E-state index >= 15 is 0 Å². The third kappa shape index (κ3) is 3.55. The highest BCUT2D eigenvalue weighted by molar-refractivity contribution is 5.73. The third-order valence-electron chi connectivity index (χ3n) is 1.85. The number of rotatable bonds is 5. The molecule has 0 unspecified atom stereocenters. The van der Waals surface area contributed by atoms with Crippen LogP contribution in [0.25, 0.3) is 0 Å². The van der Waals surface area contributed by atoms with Gasteiger partial charge in [-0.05, 0) is 24.1 Å². The SMILES string of the molecule is [2H]C([2H])([18F])Oc1ccc(C[C@@H](N)C(=O)O)cc1. The summed E-state index contributed by atoms with van der Waals surface area (Å²) in [6, 6.07) is 4.70. The monoisotopic (exact) mass is 214 g/mol. The Balaban J connectivity index is 2.65. The molecule has 1 aromatic rings. The molecule has 0 saturated heterocycles. The second-order valence-corrected chi connectivity index (χ2v) is 2.97. The molecule has 0 aliphatic carbocycles. The molecular formula is C10H12FNO3. The van der Waals surface area contributed by atoms with E-state index in [0.29, 0.717) is 5.56 Å². The maximum Gasteiger partial charge on any atom is 0.320 e. The van der Waals surface area contributed by atoms with E-state index in [2.05, 4.69) is 4.74 Å². The van der Waals surface area contributed by atoms with Gasteiger partial charge in [-0.15, -0.1) is 0 Å². The Morgan fingerprint density at radius 1 is 1.60 bits per heavy atom. The smallest absolute Gasteiger partial charge is 0.320 e. The van der Waals surface area contributed by atoms with Crippen molar-refractivity contribution in [3.8, 4) is 5.75 Å². The van der Waals surface area contributed by atoms with Crippen molar-refractivity contribution in [2.45, 2.75) is 12.5 Å². The summed E-state index contributed by atoms with van der Waals surface area (Å²) in [7, 11) is 0. The van der Waals surface area contributed by atoms with E-state index in [1.807, 2.05) is 0 Å². The molecule has 15 heavy (non-hydrogen) atoms. The molecule has 0 bridgehead atoms. The molecule has 0 heterocycles. The summed E-state index contributed by atoms with van der Waals surface area (Å²) in [6.45, 7) is -3.24. The minimum Gasteiger partial charge on any atom is -0.480 e. The lowest BCUT2D eigenvalue weighted by molar-refractivity contribution is -0.138. The summed E-state index contributed by atoms with van der Waals surface area (Å²) in [6.07, 6.45) is 0.137. The van der Waals surface area contributed by atoms with Gasteiger partial charge >= 0.3 is 5.97 Å². The predicted molar refractivity (Wildman–Crippen MR) is 52.4 cm³/mol. The molecule has 0 fully saturated rings. The average Bonchev–Trinajstić information content (AvgIpc) is 2.18. The van der Waals surface area contributed by atoms with Crippen LogP contribution in [0.4, 0.5) is 4.39 Å². The molecule has 0 radical (unpaired) electrons. The first-order chi connectivity index (χ1) is 7.78. The molecule has 1 aromatic carbocycles. The average molecular weight is 214 g/mol. The molecule has 0 spiro atoms. The number of alkyl halides is 1. The van der Waals surface area contributed by atoms with Gasteiger partial charge in [0, 0.05) is 0 Å². The highest BCUT2D eigenvalue weighted by Crippen LogP contribution is 2.13. The number of nitrogens with two attached hydrogens (primary N) is 1. The van der Waals surface area contributed by atoms with Crippen molar-refractivity contribution in [3.05, 3.63) is 29.8 Å². The number of ether oxygens (including phenoxy) is 1. The first-order valence-corrected chi connectivity index (χ1v) is 4.23. The maximum atomic E-state index is 12.5. The highest BCUT2D eigenvalue weighted by Gasteiger charge is 2.11. The van der Waals surface area contributed by atoms with Crippen molar-refractivity contribution in [1.29, 1.82) is 0 Å². The lowest BCUT2D eigenvalue weighted by Crippen LogP contribution is -2.32. The summed E-state index contributed by atoms with van der Waals surface area (Å²) >= 11 is 0. The normalized spacial score (nSPS) is 15.1.